The van der Waals surface area contributed by atoms with E-state index in [1.807, 2.05) is 13.0 Å². The minimum atomic E-state index is 0.597. The van der Waals surface area contributed by atoms with Gasteiger partial charge in [-0.2, -0.15) is 0 Å². The summed E-state index contributed by atoms with van der Waals surface area (Å²) in [6, 6.07) is 6.76. The van der Waals surface area contributed by atoms with Gasteiger partial charge in [0.25, 0.3) is 0 Å². The minimum absolute atomic E-state index is 0.597. The molecule has 1 unspecified atom stereocenters. The van der Waals surface area contributed by atoms with Crippen molar-refractivity contribution in [3.8, 4) is 0 Å². The van der Waals surface area contributed by atoms with Crippen molar-refractivity contribution in [2.24, 2.45) is 11.8 Å². The van der Waals surface area contributed by atoms with Gasteiger partial charge in [0.05, 0.1) is 0 Å². The summed E-state index contributed by atoms with van der Waals surface area (Å²) in [6.07, 6.45) is 2.75. The highest BCUT2D eigenvalue weighted by Crippen LogP contribution is 2.37. The van der Waals surface area contributed by atoms with E-state index in [-0.39, 0.29) is 0 Å². The van der Waals surface area contributed by atoms with Gasteiger partial charge in [0, 0.05) is 11.7 Å². The minimum Gasteiger partial charge on any atom is -0.367 e. The molecular weight excluding hydrogens is 184 g/mol. The van der Waals surface area contributed by atoms with Crippen molar-refractivity contribution >= 4 is 5.82 Å². The molecule has 2 rings (SSSR count). The largest absolute Gasteiger partial charge is 0.367 e. The maximum atomic E-state index is 4.49. The summed E-state index contributed by atoms with van der Waals surface area (Å²) in [5, 5.41) is 3.57. The van der Waals surface area contributed by atoms with Crippen LogP contribution in [0.25, 0.3) is 0 Å². The number of nitrogens with zero attached hydrogens (tertiary/aromatic N) is 1. The Bertz CT molecular complexity index is 327. The van der Waals surface area contributed by atoms with E-state index < -0.39 is 0 Å². The predicted octanol–water partition coefficient (Wildman–Crippen LogP) is 3.24. The SMILES string of the molecule is Cc1cccc(NC(C(C)C)C2CC2)n1. The van der Waals surface area contributed by atoms with E-state index in [0.29, 0.717) is 12.0 Å². The molecule has 1 saturated carbocycles. The highest BCUT2D eigenvalue weighted by atomic mass is 15.0. The molecular formula is C13H20N2. The number of aryl methyl sites for hydroxylation is 1. The van der Waals surface area contributed by atoms with Gasteiger partial charge in [-0.1, -0.05) is 19.9 Å². The first-order chi connectivity index (χ1) is 7.16. The van der Waals surface area contributed by atoms with Gasteiger partial charge in [-0.3, -0.25) is 0 Å². The summed E-state index contributed by atoms with van der Waals surface area (Å²) >= 11 is 0. The molecule has 82 valence electrons. The van der Waals surface area contributed by atoms with Gasteiger partial charge in [-0.05, 0) is 43.7 Å². The Morgan fingerprint density at radius 1 is 1.33 bits per heavy atom. The van der Waals surface area contributed by atoms with Crippen LogP contribution in [-0.4, -0.2) is 11.0 Å². The highest BCUT2D eigenvalue weighted by Gasteiger charge is 2.33. The van der Waals surface area contributed by atoms with Crippen LogP contribution in [-0.2, 0) is 0 Å². The van der Waals surface area contributed by atoms with Crippen LogP contribution < -0.4 is 5.32 Å². The molecule has 0 spiro atoms. The monoisotopic (exact) mass is 204 g/mol. The number of nitrogens with one attached hydrogen (secondary N) is 1. The zero-order valence-corrected chi connectivity index (χ0v) is 9.83. The fourth-order valence-corrected chi connectivity index (χ4v) is 2.08. The molecule has 2 heteroatoms. The summed E-state index contributed by atoms with van der Waals surface area (Å²) in [6.45, 7) is 6.60. The Labute approximate surface area is 92.1 Å². The summed E-state index contributed by atoms with van der Waals surface area (Å²) in [5.74, 6) is 2.58. The fraction of sp³-hybridized carbons (Fsp3) is 0.615. The molecule has 0 amide bonds. The molecule has 1 aliphatic rings. The van der Waals surface area contributed by atoms with E-state index in [1.165, 1.54) is 12.8 Å². The number of anilines is 1. The molecule has 0 aliphatic heterocycles. The second-order valence-electron chi connectivity index (χ2n) is 4.92. The molecule has 1 fully saturated rings. The van der Waals surface area contributed by atoms with Crippen LogP contribution in [0.15, 0.2) is 18.2 Å². The molecule has 0 bridgehead atoms. The lowest BCUT2D eigenvalue weighted by molar-refractivity contribution is 0.475. The van der Waals surface area contributed by atoms with Crippen LogP contribution >= 0.6 is 0 Å². The second kappa shape index (κ2) is 4.21. The third kappa shape index (κ3) is 2.71. The van der Waals surface area contributed by atoms with Crippen LogP contribution in [0.2, 0.25) is 0 Å². The summed E-state index contributed by atoms with van der Waals surface area (Å²) in [5.41, 5.74) is 1.08. The van der Waals surface area contributed by atoms with Crippen molar-refractivity contribution < 1.29 is 0 Å². The first-order valence-electron chi connectivity index (χ1n) is 5.87. The molecule has 1 N–H and O–H groups in total. The molecule has 0 aromatic carbocycles. The van der Waals surface area contributed by atoms with Gasteiger partial charge in [0.2, 0.25) is 0 Å². The van der Waals surface area contributed by atoms with Crippen molar-refractivity contribution in [3.63, 3.8) is 0 Å². The van der Waals surface area contributed by atoms with Gasteiger partial charge in [0.1, 0.15) is 5.82 Å². The van der Waals surface area contributed by atoms with Crippen LogP contribution in [0.3, 0.4) is 0 Å². The van der Waals surface area contributed by atoms with Crippen LogP contribution in [0.5, 0.6) is 0 Å². The highest BCUT2D eigenvalue weighted by molar-refractivity contribution is 5.37. The second-order valence-corrected chi connectivity index (χ2v) is 4.92. The van der Waals surface area contributed by atoms with Gasteiger partial charge >= 0.3 is 0 Å². The first-order valence-corrected chi connectivity index (χ1v) is 5.87. The molecule has 2 nitrogen and oxygen atoms in total. The molecule has 1 aromatic rings. The number of aromatic nitrogens is 1. The lowest BCUT2D eigenvalue weighted by atomic mass is 9.99. The predicted molar refractivity (Wildman–Crippen MR) is 63.9 cm³/mol. The maximum absolute atomic E-state index is 4.49. The average molecular weight is 204 g/mol. The van der Waals surface area contributed by atoms with Crippen molar-refractivity contribution in [1.29, 1.82) is 0 Å². The fourth-order valence-electron chi connectivity index (χ4n) is 2.08. The van der Waals surface area contributed by atoms with E-state index in [9.17, 15) is 0 Å². The third-order valence-corrected chi connectivity index (χ3v) is 3.05. The molecule has 1 aliphatic carbocycles. The number of rotatable bonds is 4. The molecule has 0 saturated heterocycles. The van der Waals surface area contributed by atoms with Crippen molar-refractivity contribution in [1.82, 2.24) is 4.98 Å². The Kier molecular flexibility index (Phi) is 2.94. The quantitative estimate of drug-likeness (QED) is 0.814. The van der Waals surface area contributed by atoms with E-state index in [2.05, 4.69) is 36.3 Å². The molecule has 1 aromatic heterocycles. The molecule has 0 radical (unpaired) electrons. The van der Waals surface area contributed by atoms with Crippen LogP contribution in [0, 0.1) is 18.8 Å². The smallest absolute Gasteiger partial charge is 0.126 e. The van der Waals surface area contributed by atoms with Gasteiger partial charge in [0.15, 0.2) is 0 Å². The molecule has 1 heterocycles. The van der Waals surface area contributed by atoms with Crippen LogP contribution in [0.1, 0.15) is 32.4 Å². The Morgan fingerprint density at radius 3 is 2.60 bits per heavy atom. The Balaban J connectivity index is 2.05. The van der Waals surface area contributed by atoms with E-state index >= 15 is 0 Å². The summed E-state index contributed by atoms with van der Waals surface area (Å²) < 4.78 is 0. The number of hydrogen-bond acceptors (Lipinski definition) is 2. The topological polar surface area (TPSA) is 24.9 Å². The standard InChI is InChI=1S/C13H20N2/c1-9(2)13(11-7-8-11)15-12-6-4-5-10(3)14-12/h4-6,9,11,13H,7-8H2,1-3H3,(H,14,15). The Morgan fingerprint density at radius 2 is 2.07 bits per heavy atom. The van der Waals surface area contributed by atoms with Crippen molar-refractivity contribution in [3.05, 3.63) is 23.9 Å². The van der Waals surface area contributed by atoms with Gasteiger partial charge in [-0.25, -0.2) is 4.98 Å². The lowest BCUT2D eigenvalue weighted by Crippen LogP contribution is -2.28. The Hall–Kier alpha value is -1.05. The normalized spacial score (nSPS) is 17.9. The zero-order valence-electron chi connectivity index (χ0n) is 9.83. The van der Waals surface area contributed by atoms with Gasteiger partial charge in [-0.15, -0.1) is 0 Å². The van der Waals surface area contributed by atoms with E-state index in [1.54, 1.807) is 0 Å². The number of pyridine rings is 1. The number of hydrogen-bond donors (Lipinski definition) is 1. The van der Waals surface area contributed by atoms with Crippen molar-refractivity contribution in [2.75, 3.05) is 5.32 Å². The summed E-state index contributed by atoms with van der Waals surface area (Å²) in [7, 11) is 0. The average Bonchev–Trinajstić information content (AvgIpc) is 2.97. The molecule has 15 heavy (non-hydrogen) atoms. The van der Waals surface area contributed by atoms with E-state index in [0.717, 1.165) is 17.4 Å². The van der Waals surface area contributed by atoms with E-state index in [4.69, 9.17) is 0 Å². The van der Waals surface area contributed by atoms with Crippen molar-refractivity contribution in [2.45, 2.75) is 39.7 Å². The van der Waals surface area contributed by atoms with Gasteiger partial charge < -0.3 is 5.32 Å². The maximum Gasteiger partial charge on any atom is 0.126 e. The lowest BCUT2D eigenvalue weighted by Gasteiger charge is -2.22. The first kappa shape index (κ1) is 10.5. The molecule has 1 atom stereocenters. The summed E-state index contributed by atoms with van der Waals surface area (Å²) in [4.78, 5) is 4.49. The third-order valence-electron chi connectivity index (χ3n) is 3.05. The zero-order chi connectivity index (χ0) is 10.8. The van der Waals surface area contributed by atoms with Crippen LogP contribution in [0.4, 0.5) is 5.82 Å².